The van der Waals surface area contributed by atoms with E-state index in [-0.39, 0.29) is 0 Å². The van der Waals surface area contributed by atoms with Crippen LogP contribution in [0.1, 0.15) is 6.92 Å². The molecule has 0 spiro atoms. The predicted molar refractivity (Wildman–Crippen MR) is 35.1 cm³/mol. The van der Waals surface area contributed by atoms with Gasteiger partial charge in [0.15, 0.2) is 5.66 Å². The van der Waals surface area contributed by atoms with E-state index in [1.54, 1.807) is 19.3 Å². The Bertz CT molecular complexity index is 159. The fourth-order valence-corrected chi connectivity index (χ4v) is 0.446. The molecule has 0 saturated carbocycles. The summed E-state index contributed by atoms with van der Waals surface area (Å²) < 4.78 is 0. The van der Waals surface area contributed by atoms with Crippen LogP contribution in [0.25, 0.3) is 0 Å². The van der Waals surface area contributed by atoms with Gasteiger partial charge in [-0.2, -0.15) is 10.2 Å². The standard InChI is InChI=1S/C5H8N4/c1-5(6)4-7-2-3-8-9-5/h2-4H,6H2,1H3. The maximum Gasteiger partial charge on any atom is 0.162 e. The Morgan fingerprint density at radius 2 is 2.22 bits per heavy atom. The van der Waals surface area contributed by atoms with Crippen LogP contribution in [0.3, 0.4) is 0 Å². The predicted octanol–water partition coefficient (Wildman–Crippen LogP) is 0.669. The summed E-state index contributed by atoms with van der Waals surface area (Å²) in [6.07, 6.45) is 4.58. The van der Waals surface area contributed by atoms with Gasteiger partial charge in [-0.1, -0.05) is 0 Å². The zero-order chi connectivity index (χ0) is 6.74. The molecule has 0 bridgehead atoms. The van der Waals surface area contributed by atoms with Crippen molar-refractivity contribution in [2.45, 2.75) is 12.6 Å². The molecule has 2 N–H and O–H groups in total. The zero-order valence-electron chi connectivity index (χ0n) is 5.15. The van der Waals surface area contributed by atoms with Crippen LogP contribution in [-0.2, 0) is 0 Å². The summed E-state index contributed by atoms with van der Waals surface area (Å²) in [6.45, 7) is 1.73. The number of nitrogens with two attached hydrogens (primary N) is 1. The van der Waals surface area contributed by atoms with Crippen molar-refractivity contribution in [3.63, 3.8) is 0 Å². The van der Waals surface area contributed by atoms with Crippen molar-refractivity contribution in [2.75, 3.05) is 0 Å². The first-order valence-electron chi connectivity index (χ1n) is 2.61. The first-order valence-corrected chi connectivity index (χ1v) is 2.61. The van der Waals surface area contributed by atoms with Gasteiger partial charge in [-0.05, 0) is 6.92 Å². The van der Waals surface area contributed by atoms with E-state index >= 15 is 0 Å². The second-order valence-electron chi connectivity index (χ2n) is 2.02. The molecule has 0 amide bonds. The lowest BCUT2D eigenvalue weighted by Crippen LogP contribution is -2.34. The summed E-state index contributed by atoms with van der Waals surface area (Å²) in [4.78, 5) is 3.81. The maximum absolute atomic E-state index is 5.53. The topological polar surface area (TPSA) is 63.1 Å². The highest BCUT2D eigenvalue weighted by Gasteiger charge is 2.12. The number of nitrogens with zero attached hydrogens (tertiary/aromatic N) is 3. The third kappa shape index (κ3) is 1.73. The Balaban J connectivity index is 2.82. The zero-order valence-corrected chi connectivity index (χ0v) is 5.15. The van der Waals surface area contributed by atoms with Gasteiger partial charge in [-0.25, -0.2) is 0 Å². The number of hydrogen-bond acceptors (Lipinski definition) is 4. The first kappa shape index (κ1) is 6.10. The summed E-state index contributed by atoms with van der Waals surface area (Å²) in [6, 6.07) is 0. The Labute approximate surface area is 53.2 Å². The summed E-state index contributed by atoms with van der Waals surface area (Å²) in [5.41, 5.74) is 4.80. The average molecular weight is 124 g/mol. The van der Waals surface area contributed by atoms with E-state index in [1.807, 2.05) is 0 Å². The van der Waals surface area contributed by atoms with E-state index in [0.29, 0.717) is 0 Å². The molecule has 1 aliphatic heterocycles. The molecule has 0 aromatic rings. The molecule has 1 aliphatic rings. The lowest BCUT2D eigenvalue weighted by molar-refractivity contribution is 0.641. The Kier molecular flexibility index (Phi) is 1.40. The molecule has 1 rings (SSSR count). The molecule has 0 aromatic heterocycles. The minimum Gasteiger partial charge on any atom is -0.301 e. The second-order valence-corrected chi connectivity index (χ2v) is 2.02. The molecule has 0 saturated heterocycles. The SMILES string of the molecule is CC1(N)C=NC=CN=N1. The number of rotatable bonds is 0. The molecule has 1 heterocycles. The third-order valence-electron chi connectivity index (χ3n) is 0.829. The average Bonchev–Trinajstić information content (AvgIpc) is 1.92. The van der Waals surface area contributed by atoms with Crippen molar-refractivity contribution in [2.24, 2.45) is 21.0 Å². The monoisotopic (exact) mass is 124 g/mol. The highest BCUT2D eigenvalue weighted by Crippen LogP contribution is 2.01. The molecule has 9 heavy (non-hydrogen) atoms. The highest BCUT2D eigenvalue weighted by atomic mass is 15.2. The molecule has 1 unspecified atom stereocenters. The van der Waals surface area contributed by atoms with Crippen LogP contribution in [0.15, 0.2) is 27.6 Å². The van der Waals surface area contributed by atoms with Gasteiger partial charge in [-0.3, -0.25) is 4.99 Å². The van der Waals surface area contributed by atoms with E-state index in [1.165, 1.54) is 6.20 Å². The van der Waals surface area contributed by atoms with Gasteiger partial charge in [-0.15, -0.1) is 0 Å². The second kappa shape index (κ2) is 2.06. The lowest BCUT2D eigenvalue weighted by Gasteiger charge is -2.07. The highest BCUT2D eigenvalue weighted by molar-refractivity contribution is 5.69. The molecule has 48 valence electrons. The number of hydrogen-bond donors (Lipinski definition) is 1. The van der Waals surface area contributed by atoms with Crippen LogP contribution in [0.5, 0.6) is 0 Å². The molecular weight excluding hydrogens is 116 g/mol. The van der Waals surface area contributed by atoms with E-state index in [0.717, 1.165) is 0 Å². The van der Waals surface area contributed by atoms with Crippen LogP contribution < -0.4 is 5.73 Å². The quantitative estimate of drug-likeness (QED) is 0.506. The van der Waals surface area contributed by atoms with E-state index in [4.69, 9.17) is 5.73 Å². The van der Waals surface area contributed by atoms with Gasteiger partial charge >= 0.3 is 0 Å². The maximum atomic E-state index is 5.53. The molecule has 4 heteroatoms. The largest absolute Gasteiger partial charge is 0.301 e. The van der Waals surface area contributed by atoms with Crippen molar-refractivity contribution in [3.05, 3.63) is 12.4 Å². The summed E-state index contributed by atoms with van der Waals surface area (Å²) >= 11 is 0. The minimum absolute atomic E-state index is 0.733. The van der Waals surface area contributed by atoms with Crippen molar-refractivity contribution in [1.82, 2.24) is 0 Å². The van der Waals surface area contributed by atoms with Gasteiger partial charge < -0.3 is 5.73 Å². The first-order chi connectivity index (χ1) is 4.21. The van der Waals surface area contributed by atoms with Gasteiger partial charge in [0.1, 0.15) is 0 Å². The van der Waals surface area contributed by atoms with Crippen LogP contribution in [0.4, 0.5) is 0 Å². The van der Waals surface area contributed by atoms with Gasteiger partial charge in [0.05, 0.1) is 6.20 Å². The summed E-state index contributed by atoms with van der Waals surface area (Å²) in [7, 11) is 0. The molecule has 0 aliphatic carbocycles. The normalized spacial score (nSPS) is 32.7. The minimum atomic E-state index is -0.733. The van der Waals surface area contributed by atoms with Crippen molar-refractivity contribution < 1.29 is 0 Å². The van der Waals surface area contributed by atoms with Crippen molar-refractivity contribution >= 4 is 6.21 Å². The van der Waals surface area contributed by atoms with Crippen molar-refractivity contribution in [1.29, 1.82) is 0 Å². The smallest absolute Gasteiger partial charge is 0.162 e. The molecule has 0 radical (unpaired) electrons. The number of aliphatic imine (C=N–C) groups is 1. The Morgan fingerprint density at radius 3 is 3.00 bits per heavy atom. The molecule has 4 nitrogen and oxygen atoms in total. The fourth-order valence-electron chi connectivity index (χ4n) is 0.446. The van der Waals surface area contributed by atoms with Crippen LogP contribution >= 0.6 is 0 Å². The van der Waals surface area contributed by atoms with Crippen molar-refractivity contribution in [3.8, 4) is 0 Å². The van der Waals surface area contributed by atoms with Crippen LogP contribution in [-0.4, -0.2) is 11.9 Å². The van der Waals surface area contributed by atoms with Gasteiger partial charge in [0.25, 0.3) is 0 Å². The van der Waals surface area contributed by atoms with E-state index in [2.05, 4.69) is 15.2 Å². The molecular formula is C5H8N4. The van der Waals surface area contributed by atoms with E-state index in [9.17, 15) is 0 Å². The lowest BCUT2D eigenvalue weighted by atomic mass is 10.3. The van der Waals surface area contributed by atoms with Crippen LogP contribution in [0.2, 0.25) is 0 Å². The van der Waals surface area contributed by atoms with Gasteiger partial charge in [0, 0.05) is 12.4 Å². The summed E-state index contributed by atoms with van der Waals surface area (Å²) in [5, 5.41) is 7.34. The number of azo groups is 1. The third-order valence-corrected chi connectivity index (χ3v) is 0.829. The molecule has 0 aromatic carbocycles. The summed E-state index contributed by atoms with van der Waals surface area (Å²) in [5.74, 6) is 0. The Morgan fingerprint density at radius 1 is 1.44 bits per heavy atom. The van der Waals surface area contributed by atoms with Gasteiger partial charge in [0.2, 0.25) is 0 Å². The van der Waals surface area contributed by atoms with Crippen LogP contribution in [0, 0.1) is 0 Å². The molecule has 0 fully saturated rings. The van der Waals surface area contributed by atoms with E-state index < -0.39 is 5.66 Å². The molecule has 1 atom stereocenters. The Hall–Kier alpha value is -1.03. The fraction of sp³-hybridized carbons (Fsp3) is 0.400.